The highest BCUT2D eigenvalue weighted by molar-refractivity contribution is 5.38. The van der Waals surface area contributed by atoms with E-state index in [1.54, 1.807) is 6.33 Å². The maximum absolute atomic E-state index is 4.41. The van der Waals surface area contributed by atoms with Gasteiger partial charge in [-0.3, -0.25) is 0 Å². The lowest BCUT2D eigenvalue weighted by atomic mass is 9.93. The maximum Gasteiger partial charge on any atom is 0.222 e. The molecule has 0 saturated heterocycles. The predicted molar refractivity (Wildman–Crippen MR) is 86.8 cm³/mol. The van der Waals surface area contributed by atoms with Crippen molar-refractivity contribution in [3.05, 3.63) is 77.6 Å². The quantitative estimate of drug-likeness (QED) is 0.782. The lowest BCUT2D eigenvalue weighted by molar-refractivity contribution is 0.431. The lowest BCUT2D eigenvalue weighted by Gasteiger charge is -2.31. The van der Waals surface area contributed by atoms with E-state index in [0.717, 1.165) is 12.4 Å². The summed E-state index contributed by atoms with van der Waals surface area (Å²) in [6.45, 7) is 2.11. The Morgan fingerprint density at radius 2 is 1.77 bits per heavy atom. The third kappa shape index (κ3) is 2.26. The summed E-state index contributed by atoms with van der Waals surface area (Å²) in [5.41, 5.74) is 3.84. The third-order valence-corrected chi connectivity index (χ3v) is 4.29. The van der Waals surface area contributed by atoms with E-state index in [4.69, 9.17) is 0 Å². The van der Waals surface area contributed by atoms with Gasteiger partial charge in [0.2, 0.25) is 5.95 Å². The molecule has 0 spiro atoms. The molecule has 0 aliphatic carbocycles. The van der Waals surface area contributed by atoms with Crippen molar-refractivity contribution in [3.8, 4) is 0 Å². The number of hydrogen-bond acceptors (Lipinski definition) is 3. The maximum atomic E-state index is 4.41. The summed E-state index contributed by atoms with van der Waals surface area (Å²) < 4.78 is 1.99. The van der Waals surface area contributed by atoms with Crippen LogP contribution in [-0.2, 0) is 0 Å². The van der Waals surface area contributed by atoms with Crippen molar-refractivity contribution in [2.24, 2.45) is 0 Å². The number of benzene rings is 2. The molecule has 1 aliphatic rings. The Hall–Kier alpha value is -2.62. The zero-order valence-electron chi connectivity index (χ0n) is 12.5. The van der Waals surface area contributed by atoms with Gasteiger partial charge >= 0.3 is 0 Å². The summed E-state index contributed by atoms with van der Waals surface area (Å²) in [5.74, 6) is 0.839. The fourth-order valence-electron chi connectivity index (χ4n) is 3.09. The number of rotatable bonds is 2. The van der Waals surface area contributed by atoms with Crippen LogP contribution < -0.4 is 5.32 Å². The summed E-state index contributed by atoms with van der Waals surface area (Å²) >= 11 is 0. The first kappa shape index (κ1) is 13.1. The van der Waals surface area contributed by atoms with Gasteiger partial charge in [0.15, 0.2) is 0 Å². The van der Waals surface area contributed by atoms with Crippen LogP contribution in [0.25, 0.3) is 0 Å². The fourth-order valence-corrected chi connectivity index (χ4v) is 3.09. The lowest BCUT2D eigenvalue weighted by Crippen LogP contribution is -2.28. The molecule has 0 saturated carbocycles. The van der Waals surface area contributed by atoms with E-state index >= 15 is 0 Å². The molecule has 110 valence electrons. The summed E-state index contributed by atoms with van der Waals surface area (Å²) in [6, 6.07) is 19.7. The molecule has 0 fully saturated rings. The van der Waals surface area contributed by atoms with Gasteiger partial charge in [-0.25, -0.2) is 4.68 Å². The highest BCUT2D eigenvalue weighted by atomic mass is 15.4. The van der Waals surface area contributed by atoms with E-state index in [2.05, 4.69) is 70.9 Å². The van der Waals surface area contributed by atoms with Crippen LogP contribution in [-0.4, -0.2) is 14.8 Å². The molecule has 2 heterocycles. The van der Waals surface area contributed by atoms with E-state index in [-0.39, 0.29) is 12.1 Å². The molecule has 0 bridgehead atoms. The summed E-state index contributed by atoms with van der Waals surface area (Å²) in [7, 11) is 0. The Labute approximate surface area is 129 Å². The number of nitrogens with one attached hydrogen (secondary N) is 1. The number of fused-ring (bicyclic) bond motifs is 1. The minimum atomic E-state index is 0.213. The number of aryl methyl sites for hydroxylation is 1. The molecular formula is C18H18N4. The molecule has 4 heteroatoms. The molecule has 3 aromatic rings. The van der Waals surface area contributed by atoms with Gasteiger partial charge in [-0.1, -0.05) is 60.2 Å². The van der Waals surface area contributed by atoms with Gasteiger partial charge in [0.25, 0.3) is 0 Å². The van der Waals surface area contributed by atoms with E-state index < -0.39 is 0 Å². The molecule has 4 nitrogen and oxygen atoms in total. The summed E-state index contributed by atoms with van der Waals surface area (Å²) in [6.07, 6.45) is 2.58. The van der Waals surface area contributed by atoms with Crippen molar-refractivity contribution in [1.82, 2.24) is 14.8 Å². The number of aromatic nitrogens is 3. The SMILES string of the molecule is Cc1ccc([C@H]2C[C@H](c3ccccc3)Nc3ncnn32)cc1. The molecule has 2 aromatic carbocycles. The van der Waals surface area contributed by atoms with Crippen LogP contribution in [0.5, 0.6) is 0 Å². The van der Waals surface area contributed by atoms with Gasteiger partial charge in [0, 0.05) is 0 Å². The van der Waals surface area contributed by atoms with Crippen molar-refractivity contribution in [1.29, 1.82) is 0 Å². The first-order chi connectivity index (χ1) is 10.8. The number of hydrogen-bond donors (Lipinski definition) is 1. The molecule has 4 rings (SSSR count). The Morgan fingerprint density at radius 1 is 1.00 bits per heavy atom. The second-order valence-electron chi connectivity index (χ2n) is 5.80. The van der Waals surface area contributed by atoms with Crippen LogP contribution in [0.15, 0.2) is 60.9 Å². The van der Waals surface area contributed by atoms with Gasteiger partial charge < -0.3 is 5.32 Å². The minimum absolute atomic E-state index is 0.213. The van der Waals surface area contributed by atoms with Crippen molar-refractivity contribution in [2.75, 3.05) is 5.32 Å². The summed E-state index contributed by atoms with van der Waals surface area (Å²) in [4.78, 5) is 4.37. The third-order valence-electron chi connectivity index (χ3n) is 4.29. The van der Waals surface area contributed by atoms with Crippen molar-refractivity contribution >= 4 is 5.95 Å². The average molecular weight is 290 g/mol. The second-order valence-corrected chi connectivity index (χ2v) is 5.80. The molecule has 22 heavy (non-hydrogen) atoms. The predicted octanol–water partition coefficient (Wildman–Crippen LogP) is 3.73. The number of anilines is 1. The molecule has 1 aliphatic heterocycles. The minimum Gasteiger partial charge on any atom is -0.348 e. The van der Waals surface area contributed by atoms with Gasteiger partial charge in [0.05, 0.1) is 12.1 Å². The first-order valence-corrected chi connectivity index (χ1v) is 7.59. The van der Waals surface area contributed by atoms with Crippen molar-refractivity contribution in [3.63, 3.8) is 0 Å². The van der Waals surface area contributed by atoms with Gasteiger partial charge in [-0.2, -0.15) is 10.1 Å². The largest absolute Gasteiger partial charge is 0.348 e. The van der Waals surface area contributed by atoms with E-state index in [1.807, 2.05) is 10.7 Å². The van der Waals surface area contributed by atoms with Crippen LogP contribution in [0, 0.1) is 6.92 Å². The van der Waals surface area contributed by atoms with Crippen LogP contribution in [0.3, 0.4) is 0 Å². The average Bonchev–Trinajstić information content (AvgIpc) is 3.04. The van der Waals surface area contributed by atoms with Crippen molar-refractivity contribution < 1.29 is 0 Å². The number of nitrogens with zero attached hydrogens (tertiary/aromatic N) is 3. The standard InChI is InChI=1S/C18H18N4/c1-13-7-9-15(10-8-13)17-11-16(14-5-3-2-4-6-14)21-18-19-12-20-22(17)18/h2-10,12,16-17H,11H2,1H3,(H,19,20,21)/t16-,17-/m1/s1. The van der Waals surface area contributed by atoms with E-state index in [0.29, 0.717) is 0 Å². The Morgan fingerprint density at radius 3 is 2.55 bits per heavy atom. The fraction of sp³-hybridized carbons (Fsp3) is 0.222. The van der Waals surface area contributed by atoms with Crippen LogP contribution in [0.1, 0.15) is 35.2 Å². The molecule has 1 N–H and O–H groups in total. The van der Waals surface area contributed by atoms with Gasteiger partial charge in [-0.15, -0.1) is 0 Å². The highest BCUT2D eigenvalue weighted by Crippen LogP contribution is 2.37. The van der Waals surface area contributed by atoms with E-state index in [9.17, 15) is 0 Å². The topological polar surface area (TPSA) is 42.7 Å². The molecule has 1 aromatic heterocycles. The normalized spacial score (nSPS) is 20.2. The van der Waals surface area contributed by atoms with Crippen LogP contribution >= 0.6 is 0 Å². The zero-order valence-corrected chi connectivity index (χ0v) is 12.5. The zero-order chi connectivity index (χ0) is 14.9. The van der Waals surface area contributed by atoms with Crippen LogP contribution in [0.2, 0.25) is 0 Å². The molecular weight excluding hydrogens is 272 g/mol. The second kappa shape index (κ2) is 5.30. The first-order valence-electron chi connectivity index (χ1n) is 7.59. The smallest absolute Gasteiger partial charge is 0.222 e. The molecule has 0 amide bonds. The van der Waals surface area contributed by atoms with Crippen molar-refractivity contribution in [2.45, 2.75) is 25.4 Å². The molecule has 0 unspecified atom stereocenters. The van der Waals surface area contributed by atoms with Gasteiger partial charge in [-0.05, 0) is 24.5 Å². The monoisotopic (exact) mass is 290 g/mol. The van der Waals surface area contributed by atoms with Crippen LogP contribution in [0.4, 0.5) is 5.95 Å². The Kier molecular flexibility index (Phi) is 3.15. The van der Waals surface area contributed by atoms with E-state index in [1.165, 1.54) is 16.7 Å². The summed E-state index contributed by atoms with van der Waals surface area (Å²) in [5, 5.41) is 7.90. The van der Waals surface area contributed by atoms with Gasteiger partial charge in [0.1, 0.15) is 6.33 Å². The molecule has 2 atom stereocenters. The Bertz CT molecular complexity index is 761. The Balaban J connectivity index is 1.73. The highest BCUT2D eigenvalue weighted by Gasteiger charge is 2.29. The molecule has 0 radical (unpaired) electrons.